The van der Waals surface area contributed by atoms with Gasteiger partial charge in [0.15, 0.2) is 9.84 Å². The zero-order valence-electron chi connectivity index (χ0n) is 14.5. The van der Waals surface area contributed by atoms with E-state index in [4.69, 9.17) is 4.74 Å². The van der Waals surface area contributed by atoms with E-state index < -0.39 is 15.1 Å². The fraction of sp³-hybridized carbons (Fsp3) is 0.158. The van der Waals surface area contributed by atoms with Crippen LogP contribution in [0.3, 0.4) is 0 Å². The molecule has 2 heterocycles. The number of thiophene rings is 1. The summed E-state index contributed by atoms with van der Waals surface area (Å²) in [7, 11) is -2.11. The number of rotatable bonds is 7. The van der Waals surface area contributed by atoms with Crippen LogP contribution >= 0.6 is 11.3 Å². The number of methoxy groups -OCH3 is 1. The van der Waals surface area contributed by atoms with Gasteiger partial charge in [-0.25, -0.2) is 8.42 Å². The summed E-state index contributed by atoms with van der Waals surface area (Å²) >= 11 is 1.15. The van der Waals surface area contributed by atoms with Crippen LogP contribution in [-0.4, -0.2) is 33.0 Å². The third kappa shape index (κ3) is 4.35. The fourth-order valence-corrected chi connectivity index (χ4v) is 5.42. The summed E-state index contributed by atoms with van der Waals surface area (Å²) < 4.78 is 31.4. The van der Waals surface area contributed by atoms with Gasteiger partial charge in [-0.2, -0.15) is 0 Å². The Kier molecular flexibility index (Phi) is 5.88. The number of sulfone groups is 1. The normalized spacial score (nSPS) is 12.3. The molecule has 3 aromatic rings. The number of amides is 1. The highest BCUT2D eigenvalue weighted by molar-refractivity contribution is 7.93. The zero-order chi connectivity index (χ0) is 19.3. The lowest BCUT2D eigenvalue weighted by molar-refractivity contribution is 0.0953. The summed E-state index contributed by atoms with van der Waals surface area (Å²) in [5, 5.41) is 3.51. The predicted octanol–water partition coefficient (Wildman–Crippen LogP) is 3.10. The molecule has 1 amide bonds. The number of carbonyl (C=O) groups is 1. The Balaban J connectivity index is 1.83. The molecule has 0 aliphatic heterocycles. The van der Waals surface area contributed by atoms with Gasteiger partial charge in [-0.05, 0) is 47.3 Å². The molecule has 0 bridgehead atoms. The van der Waals surface area contributed by atoms with E-state index in [1.165, 1.54) is 6.20 Å². The van der Waals surface area contributed by atoms with E-state index in [2.05, 4.69) is 10.3 Å². The number of hydrogen-bond donors (Lipinski definition) is 1. The van der Waals surface area contributed by atoms with Crippen molar-refractivity contribution in [3.8, 4) is 5.75 Å². The highest BCUT2D eigenvalue weighted by atomic mass is 32.2. The van der Waals surface area contributed by atoms with Gasteiger partial charge in [0.25, 0.3) is 5.91 Å². The van der Waals surface area contributed by atoms with E-state index >= 15 is 0 Å². The van der Waals surface area contributed by atoms with Crippen molar-refractivity contribution in [2.24, 2.45) is 0 Å². The van der Waals surface area contributed by atoms with Gasteiger partial charge < -0.3 is 10.1 Å². The second kappa shape index (κ2) is 8.32. The minimum absolute atomic E-state index is 0.0587. The molecule has 0 saturated heterocycles. The second-order valence-corrected chi connectivity index (χ2v) is 9.00. The molecule has 2 aromatic heterocycles. The molecular formula is C19H18N2O4S2. The number of benzene rings is 1. The molecule has 1 atom stereocenters. The third-order valence-electron chi connectivity index (χ3n) is 4.01. The van der Waals surface area contributed by atoms with E-state index in [1.807, 2.05) is 0 Å². The number of carbonyl (C=O) groups excluding carboxylic acids is 1. The van der Waals surface area contributed by atoms with Crippen LogP contribution in [0.2, 0.25) is 0 Å². The third-order valence-corrected chi connectivity index (χ3v) is 7.54. The Morgan fingerprint density at radius 3 is 2.56 bits per heavy atom. The fourth-order valence-electron chi connectivity index (χ4n) is 2.57. The summed E-state index contributed by atoms with van der Waals surface area (Å²) in [6.07, 6.45) is 3.09. The summed E-state index contributed by atoms with van der Waals surface area (Å²) in [6, 6.07) is 13.2. The number of pyridine rings is 1. The topological polar surface area (TPSA) is 85.4 Å². The average molecular weight is 402 g/mol. The van der Waals surface area contributed by atoms with Crippen molar-refractivity contribution in [1.29, 1.82) is 0 Å². The standard InChI is InChI=1S/C19H18N2O4S2/c1-25-16-8-6-14(7-9-16)19(22)21-13-17(15-4-2-10-20-12-15)27(23,24)18-5-3-11-26-18/h2-12,17H,13H2,1H3,(H,21,22)/t17-/m0/s1. The molecule has 0 fully saturated rings. The first-order chi connectivity index (χ1) is 13.0. The van der Waals surface area contributed by atoms with Crippen LogP contribution in [0.25, 0.3) is 0 Å². The molecule has 1 aromatic carbocycles. The first-order valence-electron chi connectivity index (χ1n) is 8.12. The maximum Gasteiger partial charge on any atom is 0.251 e. The number of aromatic nitrogens is 1. The number of nitrogens with one attached hydrogen (secondary N) is 1. The van der Waals surface area contributed by atoms with E-state index in [1.54, 1.807) is 67.2 Å². The number of ether oxygens (including phenoxy) is 1. The molecule has 0 unspecified atom stereocenters. The molecule has 8 heteroatoms. The highest BCUT2D eigenvalue weighted by Gasteiger charge is 2.30. The maximum atomic E-state index is 13.0. The molecule has 0 aliphatic rings. The van der Waals surface area contributed by atoms with Crippen molar-refractivity contribution >= 4 is 27.1 Å². The van der Waals surface area contributed by atoms with E-state index in [9.17, 15) is 13.2 Å². The van der Waals surface area contributed by atoms with Crippen molar-refractivity contribution in [3.05, 3.63) is 77.4 Å². The molecule has 1 N–H and O–H groups in total. The van der Waals surface area contributed by atoms with Crippen LogP contribution in [0.15, 0.2) is 70.5 Å². The lowest BCUT2D eigenvalue weighted by atomic mass is 10.2. The summed E-state index contributed by atoms with van der Waals surface area (Å²) in [6.45, 7) is -0.0587. The van der Waals surface area contributed by atoms with Gasteiger partial charge in [0.05, 0.1) is 7.11 Å². The SMILES string of the molecule is COc1ccc(C(=O)NC[C@@H](c2cccnc2)S(=O)(=O)c2cccs2)cc1. The summed E-state index contributed by atoms with van der Waals surface area (Å²) in [4.78, 5) is 16.5. The van der Waals surface area contributed by atoms with E-state index in [0.29, 0.717) is 16.9 Å². The van der Waals surface area contributed by atoms with Crippen molar-refractivity contribution in [2.75, 3.05) is 13.7 Å². The van der Waals surface area contributed by atoms with Gasteiger partial charge in [-0.3, -0.25) is 9.78 Å². The second-order valence-electron chi connectivity index (χ2n) is 5.69. The maximum absolute atomic E-state index is 13.0. The van der Waals surface area contributed by atoms with Gasteiger partial charge >= 0.3 is 0 Å². The Morgan fingerprint density at radius 1 is 1.19 bits per heavy atom. The number of nitrogens with zero attached hydrogens (tertiary/aromatic N) is 1. The summed E-state index contributed by atoms with van der Waals surface area (Å²) in [5.74, 6) is 0.285. The molecule has 140 valence electrons. The van der Waals surface area contributed by atoms with Crippen LogP contribution in [0, 0.1) is 0 Å². The minimum atomic E-state index is -3.66. The van der Waals surface area contributed by atoms with Crippen molar-refractivity contribution in [2.45, 2.75) is 9.46 Å². The first-order valence-corrected chi connectivity index (χ1v) is 10.5. The van der Waals surface area contributed by atoms with Crippen molar-refractivity contribution in [1.82, 2.24) is 10.3 Å². The summed E-state index contributed by atoms with van der Waals surface area (Å²) in [5.41, 5.74) is 0.954. The van der Waals surface area contributed by atoms with E-state index in [-0.39, 0.29) is 16.7 Å². The van der Waals surface area contributed by atoms with Gasteiger partial charge in [-0.1, -0.05) is 12.1 Å². The van der Waals surface area contributed by atoms with Gasteiger partial charge in [0.2, 0.25) is 0 Å². The zero-order valence-corrected chi connectivity index (χ0v) is 16.2. The smallest absolute Gasteiger partial charge is 0.251 e. The molecule has 0 saturated carbocycles. The molecule has 3 rings (SSSR count). The first kappa shape index (κ1) is 19.1. The monoisotopic (exact) mass is 402 g/mol. The van der Waals surface area contributed by atoms with Crippen molar-refractivity contribution < 1.29 is 17.9 Å². The van der Waals surface area contributed by atoms with Gasteiger partial charge in [0, 0.05) is 24.5 Å². The Morgan fingerprint density at radius 2 is 1.96 bits per heavy atom. The Hall–Kier alpha value is -2.71. The molecule has 0 aliphatic carbocycles. The van der Waals surface area contributed by atoms with Crippen LogP contribution in [-0.2, 0) is 9.84 Å². The average Bonchev–Trinajstić information content (AvgIpc) is 3.24. The van der Waals surface area contributed by atoms with Crippen LogP contribution in [0.1, 0.15) is 21.2 Å². The highest BCUT2D eigenvalue weighted by Crippen LogP contribution is 2.30. The molecule has 27 heavy (non-hydrogen) atoms. The van der Waals surface area contributed by atoms with Gasteiger partial charge in [-0.15, -0.1) is 11.3 Å². The van der Waals surface area contributed by atoms with Crippen LogP contribution in [0.5, 0.6) is 5.75 Å². The molecule has 6 nitrogen and oxygen atoms in total. The van der Waals surface area contributed by atoms with Crippen LogP contribution < -0.4 is 10.1 Å². The lowest BCUT2D eigenvalue weighted by Crippen LogP contribution is -2.31. The van der Waals surface area contributed by atoms with Gasteiger partial charge in [0.1, 0.15) is 15.2 Å². The molecule has 0 spiro atoms. The minimum Gasteiger partial charge on any atom is -0.497 e. The number of hydrogen-bond acceptors (Lipinski definition) is 6. The molecular weight excluding hydrogens is 384 g/mol. The Labute approximate surface area is 161 Å². The van der Waals surface area contributed by atoms with Crippen molar-refractivity contribution in [3.63, 3.8) is 0 Å². The van der Waals surface area contributed by atoms with Crippen LogP contribution in [0.4, 0.5) is 0 Å². The quantitative estimate of drug-likeness (QED) is 0.656. The predicted molar refractivity (Wildman–Crippen MR) is 104 cm³/mol. The Bertz CT molecular complexity index is 986. The van der Waals surface area contributed by atoms with E-state index in [0.717, 1.165) is 11.3 Å². The molecule has 0 radical (unpaired) electrons. The lowest BCUT2D eigenvalue weighted by Gasteiger charge is -2.18. The largest absolute Gasteiger partial charge is 0.497 e.